The standard InChI is InChI=1S/C25H24N4O3S/c1-14-2-11-19-20(12-14)33-22(27-19)15-3-9-18(10-4-15)26-21(30)13-29-23(31)25(16-5-6-16,17-7-8-17)28-24(29)32/h2-4,9-12,16-17H,5-8,13H2,1H3,(H,26,30)(H,28,32). The van der Waals surface area contributed by atoms with Crippen LogP contribution in [0.1, 0.15) is 31.2 Å². The first-order chi connectivity index (χ1) is 15.9. The molecule has 2 heterocycles. The molecule has 2 aromatic carbocycles. The number of carbonyl (C=O) groups excluding carboxylic acids is 3. The van der Waals surface area contributed by atoms with Crippen LogP contribution in [-0.2, 0) is 9.59 Å². The zero-order valence-corrected chi connectivity index (χ0v) is 19.1. The number of thiazole rings is 1. The molecule has 8 heteroatoms. The second kappa shape index (κ2) is 7.38. The van der Waals surface area contributed by atoms with E-state index in [2.05, 4.69) is 29.7 Å². The largest absolute Gasteiger partial charge is 0.325 e. The summed E-state index contributed by atoms with van der Waals surface area (Å²) in [4.78, 5) is 44.1. The Bertz CT molecular complexity index is 1280. The van der Waals surface area contributed by atoms with Crippen molar-refractivity contribution in [1.82, 2.24) is 15.2 Å². The average Bonchev–Trinajstić information content (AvgIpc) is 3.72. The second-order valence-electron chi connectivity index (χ2n) is 9.35. The fourth-order valence-corrected chi connectivity index (χ4v) is 5.99. The zero-order valence-electron chi connectivity index (χ0n) is 18.3. The third kappa shape index (κ3) is 3.49. The molecule has 0 bridgehead atoms. The molecule has 7 nitrogen and oxygen atoms in total. The van der Waals surface area contributed by atoms with E-state index in [0.29, 0.717) is 5.69 Å². The van der Waals surface area contributed by atoms with Crippen molar-refractivity contribution in [2.24, 2.45) is 11.8 Å². The minimum atomic E-state index is -0.769. The predicted molar refractivity (Wildman–Crippen MR) is 127 cm³/mol. The number of imide groups is 1. The number of hydrogen-bond donors (Lipinski definition) is 2. The highest BCUT2D eigenvalue weighted by Crippen LogP contribution is 2.54. The van der Waals surface area contributed by atoms with Gasteiger partial charge in [-0.05, 0) is 86.4 Å². The van der Waals surface area contributed by atoms with Crippen molar-refractivity contribution >= 4 is 45.1 Å². The van der Waals surface area contributed by atoms with E-state index in [1.165, 1.54) is 5.56 Å². The van der Waals surface area contributed by atoms with Crippen molar-refractivity contribution < 1.29 is 14.4 Å². The van der Waals surface area contributed by atoms with Gasteiger partial charge in [-0.1, -0.05) is 6.07 Å². The van der Waals surface area contributed by atoms with Crippen molar-refractivity contribution in [3.8, 4) is 10.6 Å². The topological polar surface area (TPSA) is 91.4 Å². The number of amides is 4. The molecule has 3 fully saturated rings. The first-order valence-corrected chi connectivity index (χ1v) is 12.2. The van der Waals surface area contributed by atoms with E-state index >= 15 is 0 Å². The van der Waals surface area contributed by atoms with Gasteiger partial charge in [0.2, 0.25) is 5.91 Å². The molecule has 168 valence electrons. The zero-order chi connectivity index (χ0) is 22.7. The van der Waals surface area contributed by atoms with Crippen molar-refractivity contribution in [2.45, 2.75) is 38.1 Å². The van der Waals surface area contributed by atoms with Gasteiger partial charge in [0.25, 0.3) is 5.91 Å². The van der Waals surface area contributed by atoms with Crippen LogP contribution in [0.25, 0.3) is 20.8 Å². The Morgan fingerprint density at radius 1 is 1.12 bits per heavy atom. The van der Waals surface area contributed by atoms with Crippen LogP contribution in [0.3, 0.4) is 0 Å². The van der Waals surface area contributed by atoms with E-state index in [1.807, 2.05) is 30.3 Å². The Labute approximate surface area is 195 Å². The van der Waals surface area contributed by atoms with Gasteiger partial charge in [0.05, 0.1) is 10.2 Å². The molecule has 6 rings (SSSR count). The van der Waals surface area contributed by atoms with Crippen LogP contribution < -0.4 is 10.6 Å². The van der Waals surface area contributed by atoms with Crippen LogP contribution in [0.5, 0.6) is 0 Å². The molecule has 0 spiro atoms. The molecule has 3 aliphatic rings. The van der Waals surface area contributed by atoms with Gasteiger partial charge in [0, 0.05) is 11.3 Å². The normalized spacial score (nSPS) is 19.7. The average molecular weight is 461 g/mol. The fraction of sp³-hybridized carbons (Fsp3) is 0.360. The Hall–Kier alpha value is -3.26. The number of hydrogen-bond acceptors (Lipinski definition) is 5. The summed E-state index contributed by atoms with van der Waals surface area (Å²) in [6, 6.07) is 13.2. The summed E-state index contributed by atoms with van der Waals surface area (Å²) < 4.78 is 1.14. The molecule has 0 radical (unpaired) electrons. The van der Waals surface area contributed by atoms with Gasteiger partial charge in [-0.2, -0.15) is 0 Å². The van der Waals surface area contributed by atoms with Gasteiger partial charge in [0.15, 0.2) is 0 Å². The van der Waals surface area contributed by atoms with Crippen LogP contribution in [0.15, 0.2) is 42.5 Å². The molecule has 3 aromatic rings. The molecule has 1 aliphatic heterocycles. The minimum Gasteiger partial charge on any atom is -0.325 e. The van der Waals surface area contributed by atoms with Gasteiger partial charge < -0.3 is 10.6 Å². The molecule has 1 aromatic heterocycles. The van der Waals surface area contributed by atoms with Gasteiger partial charge in [-0.15, -0.1) is 11.3 Å². The number of carbonyl (C=O) groups is 3. The van der Waals surface area contributed by atoms with Crippen LogP contribution in [-0.4, -0.2) is 39.8 Å². The lowest BCUT2D eigenvalue weighted by Crippen LogP contribution is -2.51. The molecule has 1 saturated heterocycles. The number of nitrogens with zero attached hydrogens (tertiary/aromatic N) is 2. The number of benzene rings is 2. The van der Waals surface area contributed by atoms with E-state index in [9.17, 15) is 14.4 Å². The Kier molecular flexibility index (Phi) is 4.55. The first-order valence-electron chi connectivity index (χ1n) is 11.4. The lowest BCUT2D eigenvalue weighted by atomic mass is 9.87. The second-order valence-corrected chi connectivity index (χ2v) is 10.4. The molecule has 2 aliphatic carbocycles. The summed E-state index contributed by atoms with van der Waals surface area (Å²) in [5.41, 5.74) is 2.99. The molecule has 33 heavy (non-hydrogen) atoms. The predicted octanol–water partition coefficient (Wildman–Crippen LogP) is 4.32. The highest BCUT2D eigenvalue weighted by Gasteiger charge is 2.65. The van der Waals surface area contributed by atoms with E-state index < -0.39 is 11.6 Å². The highest BCUT2D eigenvalue weighted by atomic mass is 32.1. The molecular weight excluding hydrogens is 436 g/mol. The van der Waals surface area contributed by atoms with Gasteiger partial charge in [-0.3, -0.25) is 14.5 Å². The fourth-order valence-electron chi connectivity index (χ4n) is 4.92. The van der Waals surface area contributed by atoms with Crippen LogP contribution in [0.2, 0.25) is 0 Å². The van der Waals surface area contributed by atoms with Crippen LogP contribution in [0.4, 0.5) is 10.5 Å². The third-order valence-electron chi connectivity index (χ3n) is 6.86. The Morgan fingerprint density at radius 3 is 2.48 bits per heavy atom. The molecule has 4 amide bonds. The number of urea groups is 1. The highest BCUT2D eigenvalue weighted by molar-refractivity contribution is 7.21. The smallest absolute Gasteiger partial charge is 0.325 e. The van der Waals surface area contributed by atoms with E-state index in [-0.39, 0.29) is 30.2 Å². The number of rotatable bonds is 6. The van der Waals surface area contributed by atoms with Gasteiger partial charge >= 0.3 is 6.03 Å². The third-order valence-corrected chi connectivity index (χ3v) is 7.93. The van der Waals surface area contributed by atoms with Crippen molar-refractivity contribution in [3.63, 3.8) is 0 Å². The summed E-state index contributed by atoms with van der Waals surface area (Å²) in [6.45, 7) is 1.79. The number of anilines is 1. The molecule has 0 atom stereocenters. The summed E-state index contributed by atoms with van der Waals surface area (Å²) in [5.74, 6) is -0.180. The van der Waals surface area contributed by atoms with Crippen molar-refractivity contribution in [1.29, 1.82) is 0 Å². The Balaban J connectivity index is 1.13. The number of aromatic nitrogens is 1. The number of aryl methyl sites for hydroxylation is 1. The van der Waals surface area contributed by atoms with Crippen LogP contribution >= 0.6 is 11.3 Å². The molecule has 0 unspecified atom stereocenters. The first kappa shape index (κ1) is 20.4. The SMILES string of the molecule is Cc1ccc2nc(-c3ccc(NC(=O)CN4C(=O)NC(C5CC5)(C5CC5)C4=O)cc3)sc2c1. The summed E-state index contributed by atoms with van der Waals surface area (Å²) in [5, 5.41) is 6.68. The van der Waals surface area contributed by atoms with Gasteiger partial charge in [0.1, 0.15) is 17.1 Å². The summed E-state index contributed by atoms with van der Waals surface area (Å²) in [6.07, 6.45) is 3.85. The maximum Gasteiger partial charge on any atom is 0.325 e. The van der Waals surface area contributed by atoms with Crippen LogP contribution in [0, 0.1) is 18.8 Å². The minimum absolute atomic E-state index is 0.216. The maximum absolute atomic E-state index is 13.1. The van der Waals surface area contributed by atoms with E-state index in [4.69, 9.17) is 4.98 Å². The van der Waals surface area contributed by atoms with E-state index in [0.717, 1.165) is 51.4 Å². The van der Waals surface area contributed by atoms with Crippen molar-refractivity contribution in [3.05, 3.63) is 48.0 Å². The van der Waals surface area contributed by atoms with E-state index in [1.54, 1.807) is 11.3 Å². The molecular formula is C25H24N4O3S. The summed E-state index contributed by atoms with van der Waals surface area (Å²) >= 11 is 1.63. The number of fused-ring (bicyclic) bond motifs is 1. The lowest BCUT2D eigenvalue weighted by Gasteiger charge is -2.26. The van der Waals surface area contributed by atoms with Crippen molar-refractivity contribution in [2.75, 3.05) is 11.9 Å². The molecule has 2 saturated carbocycles. The monoisotopic (exact) mass is 460 g/mol. The molecule has 2 N–H and O–H groups in total. The quantitative estimate of drug-likeness (QED) is 0.536. The Morgan fingerprint density at radius 2 is 1.82 bits per heavy atom. The van der Waals surface area contributed by atoms with Gasteiger partial charge in [-0.25, -0.2) is 9.78 Å². The summed E-state index contributed by atoms with van der Waals surface area (Å²) in [7, 11) is 0. The lowest BCUT2D eigenvalue weighted by molar-refractivity contribution is -0.135. The number of nitrogens with one attached hydrogen (secondary N) is 2. The maximum atomic E-state index is 13.1.